The molecule has 162 valence electrons. The van der Waals surface area contributed by atoms with E-state index < -0.39 is 6.09 Å². The summed E-state index contributed by atoms with van der Waals surface area (Å²) in [5.41, 5.74) is 3.20. The summed E-state index contributed by atoms with van der Waals surface area (Å²) in [7, 11) is 1.65. The fourth-order valence-electron chi connectivity index (χ4n) is 6.12. The topological polar surface area (TPSA) is 60.9 Å². The first kappa shape index (κ1) is 20.0. The molecule has 4 aliphatic rings. The van der Waals surface area contributed by atoms with Crippen molar-refractivity contribution in [3.05, 3.63) is 71.0 Å². The van der Waals surface area contributed by atoms with Gasteiger partial charge in [0.25, 0.3) is 0 Å². The number of fused-ring (bicyclic) bond motifs is 1. The molecular formula is C25H27FN2O3. The van der Waals surface area contributed by atoms with Gasteiger partial charge in [-0.1, -0.05) is 36.4 Å². The molecular weight excluding hydrogens is 395 g/mol. The molecule has 2 bridgehead atoms. The molecule has 0 aromatic heterocycles. The van der Waals surface area contributed by atoms with E-state index in [1.807, 2.05) is 17.0 Å². The molecule has 1 N–H and O–H groups in total. The maximum Gasteiger partial charge on any atom is 0.407 e. The molecule has 31 heavy (non-hydrogen) atoms. The van der Waals surface area contributed by atoms with E-state index in [0.717, 1.165) is 43.2 Å². The molecule has 1 aliphatic heterocycles. The number of hydrogen-bond acceptors (Lipinski definition) is 2. The minimum absolute atomic E-state index is 0.120. The minimum Gasteiger partial charge on any atom is -0.465 e. The third kappa shape index (κ3) is 3.20. The number of carbonyl (C=O) groups excluding carboxylic acids is 1. The maximum absolute atomic E-state index is 13.5. The maximum atomic E-state index is 13.5. The molecule has 3 fully saturated rings. The van der Waals surface area contributed by atoms with Gasteiger partial charge in [-0.15, -0.1) is 0 Å². The molecule has 6 heteroatoms. The first-order valence-corrected chi connectivity index (χ1v) is 10.9. The normalized spacial score (nSPS) is 28.2. The van der Waals surface area contributed by atoms with Gasteiger partial charge in [-0.25, -0.2) is 9.18 Å². The van der Waals surface area contributed by atoms with Gasteiger partial charge < -0.3 is 14.9 Å². The molecule has 1 unspecified atom stereocenters. The molecule has 0 spiro atoms. The summed E-state index contributed by atoms with van der Waals surface area (Å²) in [5.74, 6) is -0.163. The molecule has 3 saturated carbocycles. The van der Waals surface area contributed by atoms with E-state index in [0.29, 0.717) is 13.0 Å². The minimum atomic E-state index is -0.876. The van der Waals surface area contributed by atoms with Crippen molar-refractivity contribution in [1.29, 1.82) is 0 Å². The lowest BCUT2D eigenvalue weighted by Gasteiger charge is -2.73. The van der Waals surface area contributed by atoms with Crippen molar-refractivity contribution in [2.75, 3.05) is 13.6 Å². The third-order valence-corrected chi connectivity index (χ3v) is 7.77. The zero-order chi connectivity index (χ0) is 21.8. The van der Waals surface area contributed by atoms with Crippen LogP contribution in [0.1, 0.15) is 54.8 Å². The molecule has 0 radical (unpaired) electrons. The van der Waals surface area contributed by atoms with Crippen molar-refractivity contribution in [2.45, 2.75) is 50.1 Å². The Hall–Kier alpha value is -2.89. The van der Waals surface area contributed by atoms with Crippen LogP contribution in [0.3, 0.4) is 0 Å². The SMILES string of the molecule is CN(C(=O)O)C12CC(CCC(=O)N3CCc4ccccc4C3c3ccc(F)cc3)(C1)C2. The van der Waals surface area contributed by atoms with E-state index >= 15 is 0 Å². The van der Waals surface area contributed by atoms with Gasteiger partial charge in [-0.3, -0.25) is 4.79 Å². The number of nitrogens with zero attached hydrogens (tertiary/aromatic N) is 2. The number of amides is 2. The second kappa shape index (κ2) is 7.08. The summed E-state index contributed by atoms with van der Waals surface area (Å²) in [6.45, 7) is 0.649. The van der Waals surface area contributed by atoms with E-state index in [9.17, 15) is 19.1 Å². The summed E-state index contributed by atoms with van der Waals surface area (Å²) >= 11 is 0. The van der Waals surface area contributed by atoms with Crippen LogP contribution in [0.4, 0.5) is 9.18 Å². The fourth-order valence-corrected chi connectivity index (χ4v) is 6.12. The van der Waals surface area contributed by atoms with Crippen LogP contribution in [0.2, 0.25) is 0 Å². The zero-order valence-electron chi connectivity index (χ0n) is 17.7. The smallest absolute Gasteiger partial charge is 0.407 e. The highest BCUT2D eigenvalue weighted by atomic mass is 19.1. The van der Waals surface area contributed by atoms with E-state index in [1.165, 1.54) is 22.6 Å². The lowest BCUT2D eigenvalue weighted by atomic mass is 9.37. The quantitative estimate of drug-likeness (QED) is 0.765. The van der Waals surface area contributed by atoms with Gasteiger partial charge in [-0.2, -0.15) is 0 Å². The average molecular weight is 423 g/mol. The summed E-state index contributed by atoms with van der Waals surface area (Å²) in [6.07, 6.45) is 3.79. The van der Waals surface area contributed by atoms with E-state index in [4.69, 9.17) is 0 Å². The van der Waals surface area contributed by atoms with Crippen LogP contribution in [-0.4, -0.2) is 46.0 Å². The fraction of sp³-hybridized carbons (Fsp3) is 0.440. The van der Waals surface area contributed by atoms with E-state index in [-0.39, 0.29) is 28.7 Å². The molecule has 2 amide bonds. The predicted molar refractivity (Wildman–Crippen MR) is 114 cm³/mol. The Labute approximate surface area is 181 Å². The number of rotatable bonds is 5. The van der Waals surface area contributed by atoms with Crippen LogP contribution in [-0.2, 0) is 11.2 Å². The first-order chi connectivity index (χ1) is 14.8. The van der Waals surface area contributed by atoms with Gasteiger partial charge >= 0.3 is 6.09 Å². The van der Waals surface area contributed by atoms with Crippen LogP contribution >= 0.6 is 0 Å². The number of carboxylic acid groups (broad SMARTS) is 1. The lowest BCUT2D eigenvalue weighted by Crippen LogP contribution is -2.74. The molecule has 0 saturated heterocycles. The van der Waals surface area contributed by atoms with Crippen LogP contribution in [0.25, 0.3) is 0 Å². The third-order valence-electron chi connectivity index (χ3n) is 7.77. The molecule has 3 aliphatic carbocycles. The second-order valence-electron chi connectivity index (χ2n) is 9.59. The Bertz CT molecular complexity index is 1020. The van der Waals surface area contributed by atoms with Gasteiger partial charge in [0.1, 0.15) is 5.82 Å². The van der Waals surface area contributed by atoms with Gasteiger partial charge in [0.2, 0.25) is 5.91 Å². The molecule has 1 atom stereocenters. The molecule has 2 aromatic rings. The van der Waals surface area contributed by atoms with Crippen molar-refractivity contribution in [3.63, 3.8) is 0 Å². The second-order valence-corrected chi connectivity index (χ2v) is 9.59. The standard InChI is InChI=1S/C25H27FN2O3/c1-27(23(30)31)25-14-24(15-25,16-25)12-10-21(29)28-13-11-17-4-2-3-5-20(17)22(28)18-6-8-19(26)9-7-18/h2-9,22H,10-16H2,1H3,(H,30,31). The highest BCUT2D eigenvalue weighted by Crippen LogP contribution is 2.71. The predicted octanol–water partition coefficient (Wildman–Crippen LogP) is 4.61. The van der Waals surface area contributed by atoms with Crippen LogP contribution in [0.15, 0.2) is 48.5 Å². The molecule has 5 nitrogen and oxygen atoms in total. The van der Waals surface area contributed by atoms with Gasteiger partial charge in [0.15, 0.2) is 0 Å². The number of halogens is 1. The zero-order valence-corrected chi connectivity index (χ0v) is 17.7. The Morgan fingerprint density at radius 3 is 2.48 bits per heavy atom. The average Bonchev–Trinajstić information content (AvgIpc) is 2.71. The molecule has 6 rings (SSSR count). The van der Waals surface area contributed by atoms with E-state index in [1.54, 1.807) is 19.2 Å². The summed E-state index contributed by atoms with van der Waals surface area (Å²) in [6, 6.07) is 14.4. The van der Waals surface area contributed by atoms with Crippen molar-refractivity contribution >= 4 is 12.0 Å². The van der Waals surface area contributed by atoms with E-state index in [2.05, 4.69) is 12.1 Å². The molecule has 2 aromatic carbocycles. The largest absolute Gasteiger partial charge is 0.465 e. The highest BCUT2D eigenvalue weighted by Gasteiger charge is 2.70. The summed E-state index contributed by atoms with van der Waals surface area (Å²) in [5, 5.41) is 9.26. The van der Waals surface area contributed by atoms with Crippen molar-refractivity contribution in [2.24, 2.45) is 5.41 Å². The Morgan fingerprint density at radius 1 is 1.13 bits per heavy atom. The van der Waals surface area contributed by atoms with Crippen LogP contribution in [0, 0.1) is 11.2 Å². The summed E-state index contributed by atoms with van der Waals surface area (Å²) < 4.78 is 13.5. The lowest BCUT2D eigenvalue weighted by molar-refractivity contribution is -0.205. The molecule has 1 heterocycles. The van der Waals surface area contributed by atoms with Crippen LogP contribution in [0.5, 0.6) is 0 Å². The Balaban J connectivity index is 1.31. The first-order valence-electron chi connectivity index (χ1n) is 10.9. The van der Waals surface area contributed by atoms with Crippen LogP contribution < -0.4 is 0 Å². The monoisotopic (exact) mass is 422 g/mol. The number of carbonyl (C=O) groups is 2. The van der Waals surface area contributed by atoms with Crippen molar-refractivity contribution in [3.8, 4) is 0 Å². The van der Waals surface area contributed by atoms with Crippen molar-refractivity contribution in [1.82, 2.24) is 9.80 Å². The van der Waals surface area contributed by atoms with Gasteiger partial charge in [-0.05, 0) is 66.3 Å². The highest BCUT2D eigenvalue weighted by molar-refractivity contribution is 5.78. The van der Waals surface area contributed by atoms with Gasteiger partial charge in [0, 0.05) is 25.6 Å². The number of benzene rings is 2. The van der Waals surface area contributed by atoms with Crippen molar-refractivity contribution < 1.29 is 19.1 Å². The summed E-state index contributed by atoms with van der Waals surface area (Å²) in [4.78, 5) is 28.0. The Morgan fingerprint density at radius 2 is 1.81 bits per heavy atom. The van der Waals surface area contributed by atoms with Gasteiger partial charge in [0.05, 0.1) is 6.04 Å². The Kier molecular flexibility index (Phi) is 4.57. The number of hydrogen-bond donors (Lipinski definition) is 1.